The molecule has 5 aromatic rings. The van der Waals surface area contributed by atoms with Crippen LogP contribution in [0.3, 0.4) is 0 Å². The van der Waals surface area contributed by atoms with Crippen molar-refractivity contribution in [1.82, 2.24) is 30.0 Å². The van der Waals surface area contributed by atoms with Gasteiger partial charge in [0.1, 0.15) is 17.2 Å². The standard InChI is InChI=1S/C31H29ClF2N8/c1-40(2)19-15-41(16-19)31-23-14-38-42(18-8-11-36-17(12-18)7-9-35)30(23)22-13-24(32)26(27(34)29(22)39-31)21-5-6-25(33)20-4-3-10-37-28(20)21/h3-6,10,13-14,17-19,36H,7-8,11-12,15-16H2,1-2H3/t17-,18+/m1/s1. The maximum Gasteiger partial charge on any atom is 0.158 e. The largest absolute Gasteiger partial charge is 0.353 e. The molecule has 2 saturated heterocycles. The molecule has 2 fully saturated rings. The average Bonchev–Trinajstić information content (AvgIpc) is 3.40. The molecule has 0 amide bonds. The molecule has 11 heteroatoms. The Morgan fingerprint density at radius 2 is 1.98 bits per heavy atom. The van der Waals surface area contributed by atoms with Crippen molar-refractivity contribution >= 4 is 50.1 Å². The summed E-state index contributed by atoms with van der Waals surface area (Å²) >= 11 is 6.87. The van der Waals surface area contributed by atoms with Gasteiger partial charge in [0.15, 0.2) is 5.82 Å². The lowest BCUT2D eigenvalue weighted by Gasteiger charge is -2.43. The van der Waals surface area contributed by atoms with Crippen LogP contribution < -0.4 is 10.2 Å². The van der Waals surface area contributed by atoms with E-state index in [4.69, 9.17) is 21.7 Å². The first-order valence-electron chi connectivity index (χ1n) is 14.1. The molecule has 2 aliphatic rings. The van der Waals surface area contributed by atoms with Gasteiger partial charge in [-0.25, -0.2) is 13.8 Å². The number of piperidine rings is 1. The summed E-state index contributed by atoms with van der Waals surface area (Å²) in [6.45, 7) is 2.28. The van der Waals surface area contributed by atoms with Crippen LogP contribution in [0.15, 0.2) is 42.7 Å². The number of halogens is 3. The van der Waals surface area contributed by atoms with E-state index in [1.54, 1.807) is 24.4 Å². The van der Waals surface area contributed by atoms with Crippen LogP contribution in [-0.4, -0.2) is 70.5 Å². The maximum atomic E-state index is 16.8. The van der Waals surface area contributed by atoms with Crippen molar-refractivity contribution in [1.29, 1.82) is 5.26 Å². The van der Waals surface area contributed by atoms with Crippen LogP contribution in [0.1, 0.15) is 25.3 Å². The summed E-state index contributed by atoms with van der Waals surface area (Å²) in [5.74, 6) is -0.335. The van der Waals surface area contributed by atoms with Crippen LogP contribution >= 0.6 is 11.6 Å². The number of fused-ring (bicyclic) bond motifs is 4. The van der Waals surface area contributed by atoms with E-state index in [1.807, 2.05) is 25.0 Å². The quantitative estimate of drug-likeness (QED) is 0.283. The molecule has 0 aliphatic carbocycles. The maximum absolute atomic E-state index is 16.8. The number of hydrogen-bond acceptors (Lipinski definition) is 7. The van der Waals surface area contributed by atoms with Crippen molar-refractivity contribution < 1.29 is 8.78 Å². The number of likely N-dealkylation sites (N-methyl/N-ethyl adjacent to an activating group) is 1. The van der Waals surface area contributed by atoms with Crippen molar-refractivity contribution in [2.24, 2.45) is 0 Å². The Morgan fingerprint density at radius 1 is 1.14 bits per heavy atom. The second-order valence-electron chi connectivity index (χ2n) is 11.4. The molecule has 1 N–H and O–H groups in total. The molecule has 0 spiro atoms. The first-order valence-corrected chi connectivity index (χ1v) is 14.5. The summed E-state index contributed by atoms with van der Waals surface area (Å²) in [5, 5.41) is 19.4. The van der Waals surface area contributed by atoms with Crippen LogP contribution in [0, 0.1) is 23.0 Å². The zero-order valence-corrected chi connectivity index (χ0v) is 24.0. The fourth-order valence-electron chi connectivity index (χ4n) is 6.39. The summed E-state index contributed by atoms with van der Waals surface area (Å²) in [5.41, 5.74) is 1.84. The molecular weight excluding hydrogens is 558 g/mol. The third kappa shape index (κ3) is 4.26. The van der Waals surface area contributed by atoms with Crippen LogP contribution in [0.25, 0.3) is 43.8 Å². The molecule has 0 bridgehead atoms. The number of pyridine rings is 2. The molecule has 7 rings (SSSR count). The SMILES string of the molecule is CN(C)C1CN(c2nc3c(F)c(-c4ccc(F)c5cccnc45)c(Cl)cc3c3c2cnn3[C@H]2CCN[C@H](CC#N)C2)C1. The van der Waals surface area contributed by atoms with Crippen molar-refractivity contribution in [3.8, 4) is 17.2 Å². The molecule has 0 unspecified atom stereocenters. The molecule has 3 aromatic heterocycles. The van der Waals surface area contributed by atoms with Crippen molar-refractivity contribution in [2.75, 3.05) is 38.6 Å². The van der Waals surface area contributed by atoms with Crippen molar-refractivity contribution in [3.05, 3.63) is 59.4 Å². The van der Waals surface area contributed by atoms with E-state index in [0.717, 1.165) is 43.4 Å². The average molecular weight is 587 g/mol. The first kappa shape index (κ1) is 27.0. The Morgan fingerprint density at radius 3 is 2.76 bits per heavy atom. The summed E-state index contributed by atoms with van der Waals surface area (Å²) in [6, 6.07) is 10.6. The van der Waals surface area contributed by atoms with Gasteiger partial charge in [0.2, 0.25) is 0 Å². The van der Waals surface area contributed by atoms with Gasteiger partial charge < -0.3 is 15.1 Å². The van der Waals surface area contributed by atoms with Crippen molar-refractivity contribution in [3.63, 3.8) is 0 Å². The smallest absolute Gasteiger partial charge is 0.158 e. The van der Waals surface area contributed by atoms with Gasteiger partial charge in [-0.05, 0) is 63.8 Å². The molecule has 5 heterocycles. The normalized spacial score (nSPS) is 19.6. The number of nitrogens with zero attached hydrogens (tertiary/aromatic N) is 7. The molecule has 214 valence electrons. The lowest BCUT2D eigenvalue weighted by Crippen LogP contribution is -2.57. The summed E-state index contributed by atoms with van der Waals surface area (Å²) in [6.07, 6.45) is 5.34. The number of hydrogen-bond donors (Lipinski definition) is 1. The van der Waals surface area contributed by atoms with Gasteiger partial charge in [0.25, 0.3) is 0 Å². The Kier molecular flexibility index (Phi) is 6.69. The van der Waals surface area contributed by atoms with E-state index >= 15 is 4.39 Å². The van der Waals surface area contributed by atoms with E-state index < -0.39 is 11.6 Å². The van der Waals surface area contributed by atoms with E-state index in [1.165, 1.54) is 12.1 Å². The highest BCUT2D eigenvalue weighted by molar-refractivity contribution is 6.35. The zero-order chi connectivity index (χ0) is 29.1. The minimum absolute atomic E-state index is 0.0261. The Balaban J connectivity index is 1.47. The van der Waals surface area contributed by atoms with E-state index in [-0.39, 0.29) is 28.2 Å². The Bertz CT molecular complexity index is 1890. The highest BCUT2D eigenvalue weighted by Gasteiger charge is 2.34. The minimum Gasteiger partial charge on any atom is -0.353 e. The first-order chi connectivity index (χ1) is 20.4. The summed E-state index contributed by atoms with van der Waals surface area (Å²) in [7, 11) is 4.10. The lowest BCUT2D eigenvalue weighted by atomic mass is 9.96. The van der Waals surface area contributed by atoms with Gasteiger partial charge >= 0.3 is 0 Å². The predicted molar refractivity (Wildman–Crippen MR) is 161 cm³/mol. The van der Waals surface area contributed by atoms with Crippen LogP contribution in [0.5, 0.6) is 0 Å². The second kappa shape index (κ2) is 10.4. The van der Waals surface area contributed by atoms with Crippen LogP contribution in [-0.2, 0) is 0 Å². The van der Waals surface area contributed by atoms with E-state index in [2.05, 4.69) is 26.2 Å². The monoisotopic (exact) mass is 586 g/mol. The van der Waals surface area contributed by atoms with Crippen molar-refractivity contribution in [2.45, 2.75) is 37.4 Å². The minimum atomic E-state index is -0.579. The van der Waals surface area contributed by atoms with E-state index in [9.17, 15) is 9.65 Å². The van der Waals surface area contributed by atoms with Gasteiger partial charge in [-0.15, -0.1) is 0 Å². The lowest BCUT2D eigenvalue weighted by molar-refractivity contribution is 0.246. The fourth-order valence-corrected chi connectivity index (χ4v) is 6.68. The number of anilines is 1. The number of nitrogens with one attached hydrogen (secondary N) is 1. The van der Waals surface area contributed by atoms with Gasteiger partial charge in [-0.3, -0.25) is 9.67 Å². The molecule has 0 saturated carbocycles. The molecular formula is C31H29ClF2N8. The van der Waals surface area contributed by atoms with Gasteiger partial charge in [0.05, 0.1) is 46.2 Å². The van der Waals surface area contributed by atoms with Gasteiger partial charge in [-0.1, -0.05) is 11.6 Å². The predicted octanol–water partition coefficient (Wildman–Crippen LogP) is 5.69. The molecule has 0 radical (unpaired) electrons. The fraction of sp³-hybridized carbons (Fsp3) is 0.355. The molecule has 42 heavy (non-hydrogen) atoms. The number of nitriles is 1. The molecule has 8 nitrogen and oxygen atoms in total. The topological polar surface area (TPSA) is 85.9 Å². The van der Waals surface area contributed by atoms with Crippen LogP contribution in [0.4, 0.5) is 14.6 Å². The highest BCUT2D eigenvalue weighted by Crippen LogP contribution is 2.43. The molecule has 2 aromatic carbocycles. The summed E-state index contributed by atoms with van der Waals surface area (Å²) < 4.78 is 33.4. The van der Waals surface area contributed by atoms with E-state index in [0.29, 0.717) is 40.1 Å². The second-order valence-corrected chi connectivity index (χ2v) is 11.8. The van der Waals surface area contributed by atoms with Gasteiger partial charge in [0, 0.05) is 53.3 Å². The molecule has 2 atom stereocenters. The van der Waals surface area contributed by atoms with Gasteiger partial charge in [-0.2, -0.15) is 10.4 Å². The molecule has 2 aliphatic heterocycles. The number of aromatic nitrogens is 4. The Hall–Kier alpha value is -3.91. The number of benzene rings is 2. The highest BCUT2D eigenvalue weighted by atomic mass is 35.5. The third-order valence-corrected chi connectivity index (χ3v) is 9.03. The Labute approximate surface area is 246 Å². The third-order valence-electron chi connectivity index (χ3n) is 8.73. The van der Waals surface area contributed by atoms with Crippen LogP contribution in [0.2, 0.25) is 5.02 Å². The zero-order valence-electron chi connectivity index (χ0n) is 23.3. The number of rotatable bonds is 5. The summed E-state index contributed by atoms with van der Waals surface area (Å²) in [4.78, 5) is 13.6.